The second-order valence-electron chi connectivity index (χ2n) is 6.00. The molecule has 1 atom stereocenters. The average Bonchev–Trinajstić information content (AvgIpc) is 2.50. The summed E-state index contributed by atoms with van der Waals surface area (Å²) in [6.45, 7) is 11.8. The van der Waals surface area contributed by atoms with Gasteiger partial charge in [0.2, 0.25) is 0 Å². The molecule has 0 radical (unpaired) electrons. The van der Waals surface area contributed by atoms with Gasteiger partial charge in [0, 0.05) is 37.9 Å². The zero-order chi connectivity index (χ0) is 15.4. The van der Waals surface area contributed by atoms with Gasteiger partial charge in [0.1, 0.15) is 0 Å². The summed E-state index contributed by atoms with van der Waals surface area (Å²) in [5, 5.41) is 3.04. The number of urea groups is 1. The third-order valence-corrected chi connectivity index (χ3v) is 4.40. The summed E-state index contributed by atoms with van der Waals surface area (Å²) in [5.41, 5.74) is 3.91. The van der Waals surface area contributed by atoms with Crippen LogP contribution in [0, 0.1) is 13.8 Å². The third kappa shape index (κ3) is 3.90. The molecule has 0 bridgehead atoms. The van der Waals surface area contributed by atoms with Crippen LogP contribution in [0.25, 0.3) is 0 Å². The van der Waals surface area contributed by atoms with Crippen LogP contribution in [0.15, 0.2) is 18.2 Å². The average molecular weight is 289 g/mol. The van der Waals surface area contributed by atoms with Crippen LogP contribution in [0.1, 0.15) is 31.4 Å². The van der Waals surface area contributed by atoms with Gasteiger partial charge >= 0.3 is 6.03 Å². The zero-order valence-electron chi connectivity index (χ0n) is 13.6. The van der Waals surface area contributed by atoms with E-state index in [4.69, 9.17) is 0 Å². The third-order valence-electron chi connectivity index (χ3n) is 4.40. The predicted molar refractivity (Wildman–Crippen MR) is 88.0 cm³/mol. The summed E-state index contributed by atoms with van der Waals surface area (Å²) >= 11 is 0. The molecular formula is C17H27N3O. The lowest BCUT2D eigenvalue weighted by molar-refractivity contribution is 0.191. The Morgan fingerprint density at radius 2 is 1.86 bits per heavy atom. The Bertz CT molecular complexity index is 493. The van der Waals surface area contributed by atoms with E-state index in [1.807, 2.05) is 11.8 Å². The summed E-state index contributed by atoms with van der Waals surface area (Å²) in [5.74, 6) is 0. The maximum Gasteiger partial charge on any atom is 0.317 e. The van der Waals surface area contributed by atoms with Crippen LogP contribution in [0.5, 0.6) is 0 Å². The molecule has 2 amide bonds. The van der Waals surface area contributed by atoms with E-state index in [0.29, 0.717) is 0 Å². The molecule has 0 aromatic heterocycles. The molecule has 1 unspecified atom stereocenters. The van der Waals surface area contributed by atoms with E-state index in [1.165, 1.54) is 16.8 Å². The molecule has 0 aliphatic carbocycles. The fourth-order valence-electron chi connectivity index (χ4n) is 2.49. The monoisotopic (exact) mass is 289 g/mol. The number of carbonyl (C=O) groups excluding carboxylic acids is 1. The predicted octanol–water partition coefficient (Wildman–Crippen LogP) is 2.93. The Balaban J connectivity index is 1.90. The fraction of sp³-hybridized carbons (Fsp3) is 0.588. The van der Waals surface area contributed by atoms with E-state index >= 15 is 0 Å². The van der Waals surface area contributed by atoms with E-state index < -0.39 is 0 Å². The number of hydrogen-bond acceptors (Lipinski definition) is 2. The molecule has 1 aromatic rings. The van der Waals surface area contributed by atoms with Gasteiger partial charge in [0.25, 0.3) is 0 Å². The SMILES string of the molecule is CCC(C)NC(=O)N1CCN(c2ccc(C)c(C)c2)CC1. The van der Waals surface area contributed by atoms with Gasteiger partial charge in [-0.2, -0.15) is 0 Å². The Labute approximate surface area is 128 Å². The van der Waals surface area contributed by atoms with Crippen LogP contribution >= 0.6 is 0 Å². The molecule has 1 aliphatic heterocycles. The van der Waals surface area contributed by atoms with Crippen LogP contribution in [0.3, 0.4) is 0 Å². The molecule has 116 valence electrons. The molecule has 2 rings (SSSR count). The molecule has 4 nitrogen and oxygen atoms in total. The summed E-state index contributed by atoms with van der Waals surface area (Å²) in [4.78, 5) is 16.4. The number of anilines is 1. The molecule has 1 saturated heterocycles. The molecule has 1 heterocycles. The summed E-state index contributed by atoms with van der Waals surface area (Å²) in [6.07, 6.45) is 0.967. The molecule has 1 fully saturated rings. The minimum Gasteiger partial charge on any atom is -0.368 e. The first kappa shape index (κ1) is 15.7. The lowest BCUT2D eigenvalue weighted by atomic mass is 10.1. The summed E-state index contributed by atoms with van der Waals surface area (Å²) in [7, 11) is 0. The van der Waals surface area contributed by atoms with E-state index in [9.17, 15) is 4.79 Å². The largest absolute Gasteiger partial charge is 0.368 e. The van der Waals surface area contributed by atoms with Crippen molar-refractivity contribution in [2.45, 2.75) is 40.2 Å². The summed E-state index contributed by atoms with van der Waals surface area (Å²) < 4.78 is 0. The van der Waals surface area contributed by atoms with Crippen molar-refractivity contribution < 1.29 is 4.79 Å². The highest BCUT2D eigenvalue weighted by molar-refractivity contribution is 5.74. The number of rotatable bonds is 3. The first-order valence-corrected chi connectivity index (χ1v) is 7.89. The van der Waals surface area contributed by atoms with E-state index in [1.54, 1.807) is 0 Å². The Kier molecular flexibility index (Phi) is 5.10. The van der Waals surface area contributed by atoms with Crippen molar-refractivity contribution in [1.82, 2.24) is 10.2 Å². The Hall–Kier alpha value is -1.71. The molecular weight excluding hydrogens is 262 g/mol. The number of nitrogens with one attached hydrogen (secondary N) is 1. The second kappa shape index (κ2) is 6.83. The number of carbonyl (C=O) groups is 1. The van der Waals surface area contributed by atoms with Gasteiger partial charge in [-0.15, -0.1) is 0 Å². The van der Waals surface area contributed by atoms with Crippen LogP contribution in [0.4, 0.5) is 10.5 Å². The first-order chi connectivity index (χ1) is 10.0. The van der Waals surface area contributed by atoms with Gasteiger partial charge < -0.3 is 15.1 Å². The van der Waals surface area contributed by atoms with Crippen molar-refractivity contribution in [3.05, 3.63) is 29.3 Å². The van der Waals surface area contributed by atoms with Gasteiger partial charge in [-0.1, -0.05) is 13.0 Å². The van der Waals surface area contributed by atoms with Crippen molar-refractivity contribution in [3.8, 4) is 0 Å². The van der Waals surface area contributed by atoms with Gasteiger partial charge in [0.15, 0.2) is 0 Å². The molecule has 4 heteroatoms. The van der Waals surface area contributed by atoms with Crippen LogP contribution < -0.4 is 10.2 Å². The van der Waals surface area contributed by atoms with Crippen LogP contribution in [0.2, 0.25) is 0 Å². The first-order valence-electron chi connectivity index (χ1n) is 7.89. The van der Waals surface area contributed by atoms with E-state index in [2.05, 4.69) is 49.2 Å². The second-order valence-corrected chi connectivity index (χ2v) is 6.00. The molecule has 21 heavy (non-hydrogen) atoms. The zero-order valence-corrected chi connectivity index (χ0v) is 13.6. The number of amides is 2. The molecule has 0 spiro atoms. The normalized spacial score (nSPS) is 16.8. The van der Waals surface area contributed by atoms with Crippen molar-refractivity contribution >= 4 is 11.7 Å². The lowest BCUT2D eigenvalue weighted by Gasteiger charge is -2.36. The number of piperazine rings is 1. The fourth-order valence-corrected chi connectivity index (χ4v) is 2.49. The van der Waals surface area contributed by atoms with E-state index in [0.717, 1.165) is 32.6 Å². The maximum absolute atomic E-state index is 12.1. The number of benzene rings is 1. The van der Waals surface area contributed by atoms with E-state index in [-0.39, 0.29) is 12.1 Å². The standard InChI is InChI=1S/C17H27N3O/c1-5-15(4)18-17(21)20-10-8-19(9-11-20)16-7-6-13(2)14(3)12-16/h6-7,12,15H,5,8-11H2,1-4H3,(H,18,21). The van der Waals surface area contributed by atoms with Crippen molar-refractivity contribution in [2.24, 2.45) is 0 Å². The number of aryl methyl sites for hydroxylation is 2. The van der Waals surface area contributed by atoms with Crippen LogP contribution in [-0.2, 0) is 0 Å². The quantitative estimate of drug-likeness (QED) is 0.928. The molecule has 1 aromatic carbocycles. The van der Waals surface area contributed by atoms with Gasteiger partial charge in [-0.05, 0) is 50.5 Å². The highest BCUT2D eigenvalue weighted by Crippen LogP contribution is 2.20. The molecule has 1 N–H and O–H groups in total. The number of nitrogens with zero attached hydrogens (tertiary/aromatic N) is 2. The van der Waals surface area contributed by atoms with Gasteiger partial charge in [0.05, 0.1) is 0 Å². The summed E-state index contributed by atoms with van der Waals surface area (Å²) in [6, 6.07) is 6.91. The van der Waals surface area contributed by atoms with Gasteiger partial charge in [-0.3, -0.25) is 0 Å². The molecule has 0 saturated carbocycles. The maximum atomic E-state index is 12.1. The molecule has 1 aliphatic rings. The van der Waals surface area contributed by atoms with Crippen LogP contribution in [-0.4, -0.2) is 43.2 Å². The Morgan fingerprint density at radius 3 is 2.43 bits per heavy atom. The highest BCUT2D eigenvalue weighted by atomic mass is 16.2. The minimum atomic E-state index is 0.0732. The number of hydrogen-bond donors (Lipinski definition) is 1. The smallest absolute Gasteiger partial charge is 0.317 e. The lowest BCUT2D eigenvalue weighted by Crippen LogP contribution is -2.53. The van der Waals surface area contributed by atoms with Crippen molar-refractivity contribution in [3.63, 3.8) is 0 Å². The van der Waals surface area contributed by atoms with Gasteiger partial charge in [-0.25, -0.2) is 4.79 Å². The Morgan fingerprint density at radius 1 is 1.19 bits per heavy atom. The topological polar surface area (TPSA) is 35.6 Å². The minimum absolute atomic E-state index is 0.0732. The van der Waals surface area contributed by atoms with Crippen molar-refractivity contribution in [1.29, 1.82) is 0 Å². The van der Waals surface area contributed by atoms with Crippen molar-refractivity contribution in [2.75, 3.05) is 31.1 Å². The highest BCUT2D eigenvalue weighted by Gasteiger charge is 2.21.